The number of urea groups is 1. The number of amides is 2. The Morgan fingerprint density at radius 1 is 1.21 bits per heavy atom. The molecule has 0 bridgehead atoms. The molecule has 1 rings (SSSR count). The van der Waals surface area contributed by atoms with Crippen LogP contribution in [0.15, 0.2) is 18.2 Å². The third-order valence-corrected chi connectivity index (χ3v) is 2.89. The summed E-state index contributed by atoms with van der Waals surface area (Å²) >= 11 is 0. The number of carbonyl (C=O) groups excluding carboxylic acids is 1. The summed E-state index contributed by atoms with van der Waals surface area (Å²) in [4.78, 5) is 11.7. The van der Waals surface area contributed by atoms with Crippen LogP contribution in [0.1, 0.15) is 45.2 Å². The summed E-state index contributed by atoms with van der Waals surface area (Å²) in [5.41, 5.74) is 0.525. The van der Waals surface area contributed by atoms with E-state index in [1.54, 1.807) is 6.92 Å². The maximum absolute atomic E-state index is 13.1. The van der Waals surface area contributed by atoms with Crippen LogP contribution in [0.2, 0.25) is 0 Å². The minimum absolute atomic E-state index is 0.0853. The molecule has 5 heteroatoms. The van der Waals surface area contributed by atoms with Crippen LogP contribution in [0.5, 0.6) is 0 Å². The van der Waals surface area contributed by atoms with Crippen LogP contribution in [0.4, 0.5) is 13.6 Å². The van der Waals surface area contributed by atoms with E-state index >= 15 is 0 Å². The van der Waals surface area contributed by atoms with Gasteiger partial charge in [0.05, 0.1) is 6.04 Å². The van der Waals surface area contributed by atoms with Crippen molar-refractivity contribution in [3.63, 3.8) is 0 Å². The van der Waals surface area contributed by atoms with Crippen LogP contribution in [0.25, 0.3) is 0 Å². The van der Waals surface area contributed by atoms with Gasteiger partial charge in [-0.1, -0.05) is 19.4 Å². The first kappa shape index (κ1) is 15.4. The van der Waals surface area contributed by atoms with Crippen LogP contribution < -0.4 is 10.6 Å². The van der Waals surface area contributed by atoms with Crippen molar-refractivity contribution in [2.45, 2.75) is 45.7 Å². The number of hydrogen-bond donors (Lipinski definition) is 2. The first-order valence-electron chi connectivity index (χ1n) is 6.46. The minimum atomic E-state index is -0.911. The smallest absolute Gasteiger partial charge is 0.315 e. The summed E-state index contributed by atoms with van der Waals surface area (Å²) in [6, 6.07) is 3.00. The van der Waals surface area contributed by atoms with Crippen molar-refractivity contribution in [1.82, 2.24) is 10.6 Å². The van der Waals surface area contributed by atoms with Crippen molar-refractivity contribution in [3.05, 3.63) is 35.4 Å². The first-order chi connectivity index (χ1) is 8.93. The zero-order valence-corrected chi connectivity index (χ0v) is 11.5. The van der Waals surface area contributed by atoms with Crippen LogP contribution in [-0.2, 0) is 0 Å². The summed E-state index contributed by atoms with van der Waals surface area (Å²) in [7, 11) is 0. The topological polar surface area (TPSA) is 41.1 Å². The Morgan fingerprint density at radius 2 is 1.89 bits per heavy atom. The molecule has 0 saturated carbocycles. The number of carbonyl (C=O) groups is 1. The molecule has 19 heavy (non-hydrogen) atoms. The summed E-state index contributed by atoms with van der Waals surface area (Å²) in [5.74, 6) is -1.80. The summed E-state index contributed by atoms with van der Waals surface area (Å²) in [6.45, 7) is 5.68. The van der Waals surface area contributed by atoms with Gasteiger partial charge in [0.2, 0.25) is 0 Å². The monoisotopic (exact) mass is 270 g/mol. The fraction of sp³-hybridized carbons (Fsp3) is 0.500. The standard InChI is InChI=1S/C14H20F2N2O/c1-4-5-9(2)17-14(19)18-10(3)11-6-7-12(15)13(16)8-11/h6-10H,4-5H2,1-3H3,(H2,17,18,19). The molecule has 1 aromatic carbocycles. The van der Waals surface area contributed by atoms with E-state index in [2.05, 4.69) is 10.6 Å². The average Bonchev–Trinajstić information content (AvgIpc) is 2.32. The second-order valence-electron chi connectivity index (χ2n) is 4.70. The molecule has 1 aromatic rings. The molecule has 0 fully saturated rings. The van der Waals surface area contributed by atoms with Crippen LogP contribution in [0.3, 0.4) is 0 Å². The third-order valence-electron chi connectivity index (χ3n) is 2.89. The fourth-order valence-corrected chi connectivity index (χ4v) is 1.83. The summed E-state index contributed by atoms with van der Waals surface area (Å²) in [6.07, 6.45) is 1.88. The van der Waals surface area contributed by atoms with E-state index in [1.807, 2.05) is 13.8 Å². The maximum Gasteiger partial charge on any atom is 0.315 e. The van der Waals surface area contributed by atoms with Gasteiger partial charge in [0, 0.05) is 6.04 Å². The van der Waals surface area contributed by atoms with Gasteiger partial charge in [-0.15, -0.1) is 0 Å². The molecule has 0 saturated heterocycles. The lowest BCUT2D eigenvalue weighted by Crippen LogP contribution is -2.41. The predicted octanol–water partition coefficient (Wildman–Crippen LogP) is 3.51. The number of benzene rings is 1. The zero-order valence-electron chi connectivity index (χ0n) is 11.5. The highest BCUT2D eigenvalue weighted by Crippen LogP contribution is 2.15. The Morgan fingerprint density at radius 3 is 2.47 bits per heavy atom. The molecule has 0 aromatic heterocycles. The van der Waals surface area contributed by atoms with Gasteiger partial charge in [-0.05, 0) is 38.0 Å². The van der Waals surface area contributed by atoms with Gasteiger partial charge in [0.25, 0.3) is 0 Å². The molecular weight excluding hydrogens is 250 g/mol. The number of hydrogen-bond acceptors (Lipinski definition) is 1. The molecule has 2 unspecified atom stereocenters. The fourth-order valence-electron chi connectivity index (χ4n) is 1.83. The Kier molecular flexibility index (Phi) is 5.73. The Labute approximate surface area is 112 Å². The zero-order chi connectivity index (χ0) is 14.4. The Bertz CT molecular complexity index is 437. The second-order valence-corrected chi connectivity index (χ2v) is 4.70. The van der Waals surface area contributed by atoms with E-state index in [0.717, 1.165) is 25.0 Å². The highest BCUT2D eigenvalue weighted by atomic mass is 19.2. The molecule has 0 heterocycles. The van der Waals surface area contributed by atoms with Gasteiger partial charge in [-0.2, -0.15) is 0 Å². The Hall–Kier alpha value is -1.65. The molecular formula is C14H20F2N2O. The lowest BCUT2D eigenvalue weighted by molar-refractivity contribution is 0.234. The van der Waals surface area contributed by atoms with E-state index in [-0.39, 0.29) is 18.1 Å². The number of rotatable bonds is 5. The molecule has 0 aliphatic heterocycles. The quantitative estimate of drug-likeness (QED) is 0.844. The van der Waals surface area contributed by atoms with Gasteiger partial charge in [0.15, 0.2) is 11.6 Å². The Balaban J connectivity index is 2.56. The van der Waals surface area contributed by atoms with Crippen molar-refractivity contribution >= 4 is 6.03 Å². The lowest BCUT2D eigenvalue weighted by atomic mass is 10.1. The number of nitrogens with one attached hydrogen (secondary N) is 2. The van der Waals surface area contributed by atoms with Gasteiger partial charge >= 0.3 is 6.03 Å². The van der Waals surface area contributed by atoms with Crippen LogP contribution in [0, 0.1) is 11.6 Å². The molecule has 3 nitrogen and oxygen atoms in total. The highest BCUT2D eigenvalue weighted by molar-refractivity contribution is 5.74. The highest BCUT2D eigenvalue weighted by Gasteiger charge is 2.13. The van der Waals surface area contributed by atoms with E-state index in [0.29, 0.717) is 5.56 Å². The van der Waals surface area contributed by atoms with Crippen LogP contribution in [-0.4, -0.2) is 12.1 Å². The van der Waals surface area contributed by atoms with Crippen molar-refractivity contribution in [3.8, 4) is 0 Å². The van der Waals surface area contributed by atoms with Gasteiger partial charge < -0.3 is 10.6 Å². The molecule has 106 valence electrons. The average molecular weight is 270 g/mol. The molecule has 0 spiro atoms. The van der Waals surface area contributed by atoms with Gasteiger partial charge in [-0.3, -0.25) is 0 Å². The van der Waals surface area contributed by atoms with Crippen molar-refractivity contribution in [2.75, 3.05) is 0 Å². The first-order valence-corrected chi connectivity index (χ1v) is 6.46. The molecule has 2 N–H and O–H groups in total. The minimum Gasteiger partial charge on any atom is -0.336 e. The molecule has 0 radical (unpaired) electrons. The van der Waals surface area contributed by atoms with E-state index in [4.69, 9.17) is 0 Å². The lowest BCUT2D eigenvalue weighted by Gasteiger charge is -2.18. The van der Waals surface area contributed by atoms with Crippen molar-refractivity contribution in [1.29, 1.82) is 0 Å². The van der Waals surface area contributed by atoms with E-state index in [1.165, 1.54) is 6.07 Å². The van der Waals surface area contributed by atoms with Crippen molar-refractivity contribution < 1.29 is 13.6 Å². The second kappa shape index (κ2) is 7.07. The molecule has 0 aliphatic carbocycles. The SMILES string of the molecule is CCCC(C)NC(=O)NC(C)c1ccc(F)c(F)c1. The molecule has 0 aliphatic rings. The van der Waals surface area contributed by atoms with Crippen molar-refractivity contribution in [2.24, 2.45) is 0 Å². The normalized spacial score (nSPS) is 13.7. The summed E-state index contributed by atoms with van der Waals surface area (Å²) < 4.78 is 25.9. The predicted molar refractivity (Wildman–Crippen MR) is 70.8 cm³/mol. The molecule has 2 atom stereocenters. The summed E-state index contributed by atoms with van der Waals surface area (Å²) in [5, 5.41) is 5.48. The maximum atomic E-state index is 13.1. The van der Waals surface area contributed by atoms with E-state index < -0.39 is 11.6 Å². The van der Waals surface area contributed by atoms with Gasteiger partial charge in [-0.25, -0.2) is 13.6 Å². The van der Waals surface area contributed by atoms with Gasteiger partial charge in [0.1, 0.15) is 0 Å². The van der Waals surface area contributed by atoms with E-state index in [9.17, 15) is 13.6 Å². The third kappa shape index (κ3) is 4.85. The van der Waals surface area contributed by atoms with Crippen LogP contribution >= 0.6 is 0 Å². The molecule has 2 amide bonds. The largest absolute Gasteiger partial charge is 0.336 e. The number of halogens is 2.